The van der Waals surface area contributed by atoms with Crippen molar-refractivity contribution in [3.8, 4) is 11.5 Å². The number of aromatic nitrogens is 1. The molecule has 40 heavy (non-hydrogen) atoms. The number of nitrogens with one attached hydrogen (secondary N) is 2. The number of hydrogen-bond donors (Lipinski definition) is 3. The number of para-hydroxylation sites is 1. The number of aromatic amines is 1. The van der Waals surface area contributed by atoms with Crippen LogP contribution in [0.15, 0.2) is 79.0 Å². The first-order valence-electron chi connectivity index (χ1n) is 12.9. The van der Waals surface area contributed by atoms with Crippen molar-refractivity contribution in [3.05, 3.63) is 101 Å². The molecule has 1 aromatic heterocycles. The lowest BCUT2D eigenvalue weighted by atomic mass is 10.1. The first kappa shape index (κ1) is 28.4. The van der Waals surface area contributed by atoms with Crippen LogP contribution in [0.3, 0.4) is 0 Å². The molecule has 0 fully saturated rings. The van der Waals surface area contributed by atoms with Gasteiger partial charge in [0, 0.05) is 42.8 Å². The van der Waals surface area contributed by atoms with Crippen LogP contribution in [0.4, 0.5) is 0 Å². The number of esters is 1. The molecule has 0 radical (unpaired) electrons. The van der Waals surface area contributed by atoms with Crippen LogP contribution >= 0.6 is 0 Å². The van der Waals surface area contributed by atoms with E-state index in [9.17, 15) is 9.59 Å². The van der Waals surface area contributed by atoms with Gasteiger partial charge in [0.05, 0.1) is 19.8 Å². The summed E-state index contributed by atoms with van der Waals surface area (Å²) in [5.74, 6) is -0.0102. The van der Waals surface area contributed by atoms with Gasteiger partial charge in [-0.25, -0.2) is 10.3 Å². The molecule has 0 unspecified atom stereocenters. The molecule has 4 rings (SSSR count). The Labute approximate surface area is 232 Å². The molecule has 0 saturated carbocycles. The maximum Gasteiger partial charge on any atom is 0.338 e. The van der Waals surface area contributed by atoms with E-state index in [4.69, 9.17) is 19.4 Å². The van der Waals surface area contributed by atoms with Crippen LogP contribution in [-0.2, 0) is 22.5 Å². The fraction of sp³-hybridized carbons (Fsp3) is 0.226. The predicted octanol–water partition coefficient (Wildman–Crippen LogP) is 4.61. The molecule has 0 aliphatic rings. The van der Waals surface area contributed by atoms with Crippen LogP contribution in [0.2, 0.25) is 0 Å². The highest BCUT2D eigenvalue weighted by molar-refractivity contribution is 5.91. The molecule has 9 heteroatoms. The molecule has 0 atom stereocenters. The van der Waals surface area contributed by atoms with E-state index in [2.05, 4.69) is 22.0 Å². The average molecular weight is 544 g/mol. The number of fused-ring (bicyclic) bond motifs is 1. The molecule has 3 N–H and O–H groups in total. The Morgan fingerprint density at radius 1 is 0.975 bits per heavy atom. The van der Waals surface area contributed by atoms with Crippen LogP contribution in [0, 0.1) is 0 Å². The van der Waals surface area contributed by atoms with Crippen LogP contribution in [0.5, 0.6) is 11.5 Å². The van der Waals surface area contributed by atoms with Crippen molar-refractivity contribution in [2.24, 2.45) is 0 Å². The number of ether oxygens (including phenoxy) is 3. The van der Waals surface area contributed by atoms with Gasteiger partial charge in [-0.2, -0.15) is 0 Å². The lowest BCUT2D eigenvalue weighted by Gasteiger charge is -2.22. The summed E-state index contributed by atoms with van der Waals surface area (Å²) in [6.45, 7) is 2.17. The number of rotatable bonds is 13. The van der Waals surface area contributed by atoms with Gasteiger partial charge in [-0.15, -0.1) is 0 Å². The number of amides is 1. The smallest absolute Gasteiger partial charge is 0.338 e. The normalized spacial score (nSPS) is 11.2. The molecule has 208 valence electrons. The Hall–Kier alpha value is -4.60. The molecule has 0 aliphatic heterocycles. The second-order valence-electron chi connectivity index (χ2n) is 9.14. The van der Waals surface area contributed by atoms with Crippen molar-refractivity contribution in [1.29, 1.82) is 0 Å². The SMILES string of the molecule is COc1ccc(C(=O)OCCN(CCc2c[nH]c3ccccc23)Cc2ccc(C=CC(=O)NO)cc2)cc1OC. The number of nitrogens with zero attached hydrogens (tertiary/aromatic N) is 1. The number of hydrogen-bond acceptors (Lipinski definition) is 7. The van der Waals surface area contributed by atoms with Crippen LogP contribution in [0.25, 0.3) is 17.0 Å². The summed E-state index contributed by atoms with van der Waals surface area (Å²) in [6, 6.07) is 20.9. The second kappa shape index (κ2) is 14.0. The van der Waals surface area contributed by atoms with Crippen molar-refractivity contribution in [3.63, 3.8) is 0 Å². The molecule has 0 saturated heterocycles. The van der Waals surface area contributed by atoms with Gasteiger partial charge in [0.25, 0.3) is 5.91 Å². The van der Waals surface area contributed by atoms with Crippen molar-refractivity contribution < 1.29 is 29.0 Å². The van der Waals surface area contributed by atoms with Gasteiger partial charge in [-0.05, 0) is 53.5 Å². The number of H-pyrrole nitrogens is 1. The minimum atomic E-state index is -0.588. The third-order valence-electron chi connectivity index (χ3n) is 6.56. The summed E-state index contributed by atoms with van der Waals surface area (Å²) in [5.41, 5.74) is 6.21. The Morgan fingerprint density at radius 3 is 2.50 bits per heavy atom. The van der Waals surface area contributed by atoms with Gasteiger partial charge in [-0.1, -0.05) is 42.5 Å². The largest absolute Gasteiger partial charge is 0.493 e. The zero-order valence-electron chi connectivity index (χ0n) is 22.6. The number of hydroxylamine groups is 1. The van der Waals surface area contributed by atoms with Gasteiger partial charge in [-0.3, -0.25) is 14.9 Å². The highest BCUT2D eigenvalue weighted by Crippen LogP contribution is 2.27. The summed E-state index contributed by atoms with van der Waals surface area (Å²) in [6.07, 6.45) is 5.75. The van der Waals surface area contributed by atoms with Crippen molar-refractivity contribution in [2.75, 3.05) is 33.9 Å². The molecule has 1 amide bonds. The van der Waals surface area contributed by atoms with Gasteiger partial charge in [0.2, 0.25) is 0 Å². The van der Waals surface area contributed by atoms with Crippen LogP contribution < -0.4 is 15.0 Å². The molecule has 0 aliphatic carbocycles. The first-order valence-corrected chi connectivity index (χ1v) is 12.9. The third kappa shape index (κ3) is 7.49. The predicted molar refractivity (Wildman–Crippen MR) is 153 cm³/mol. The highest BCUT2D eigenvalue weighted by atomic mass is 16.5. The van der Waals surface area contributed by atoms with Crippen molar-refractivity contribution >= 4 is 28.9 Å². The highest BCUT2D eigenvalue weighted by Gasteiger charge is 2.14. The average Bonchev–Trinajstić information content (AvgIpc) is 3.41. The summed E-state index contributed by atoms with van der Waals surface area (Å²) < 4.78 is 16.1. The van der Waals surface area contributed by atoms with Gasteiger partial charge in [0.1, 0.15) is 6.61 Å². The van der Waals surface area contributed by atoms with E-state index in [1.807, 2.05) is 42.6 Å². The first-order chi connectivity index (χ1) is 19.5. The molecule has 9 nitrogen and oxygen atoms in total. The zero-order chi connectivity index (χ0) is 28.3. The lowest BCUT2D eigenvalue weighted by molar-refractivity contribution is -0.124. The van der Waals surface area contributed by atoms with Crippen LogP contribution in [-0.4, -0.2) is 60.9 Å². The standard InChI is InChI=1S/C31H33N3O6/c1-38-28-13-12-24(19-29(28)39-2)31(36)40-18-17-34(16-15-25-20-32-27-6-4-3-5-26(25)27)21-23-9-7-22(8-10-23)11-14-30(35)33-37/h3-14,19-20,32,37H,15-18,21H2,1-2H3,(H,33,35). The lowest BCUT2D eigenvalue weighted by Crippen LogP contribution is -2.30. The van der Waals surface area contributed by atoms with Crippen molar-refractivity contribution in [1.82, 2.24) is 15.4 Å². The monoisotopic (exact) mass is 543 g/mol. The van der Waals surface area contributed by atoms with Crippen LogP contribution in [0.1, 0.15) is 27.0 Å². The third-order valence-corrected chi connectivity index (χ3v) is 6.56. The molecular formula is C31H33N3O6. The molecule has 1 heterocycles. The Morgan fingerprint density at radius 2 is 1.75 bits per heavy atom. The van der Waals surface area contributed by atoms with Gasteiger partial charge in [0.15, 0.2) is 11.5 Å². The van der Waals surface area contributed by atoms with E-state index in [1.54, 1.807) is 36.9 Å². The molecule has 4 aromatic rings. The maximum atomic E-state index is 12.7. The number of carbonyl (C=O) groups is 2. The quantitative estimate of drug-likeness (QED) is 0.0977. The fourth-order valence-corrected chi connectivity index (χ4v) is 4.40. The number of benzene rings is 3. The minimum Gasteiger partial charge on any atom is -0.493 e. The summed E-state index contributed by atoms with van der Waals surface area (Å²) in [5, 5.41) is 9.85. The zero-order valence-corrected chi connectivity index (χ0v) is 22.6. The fourth-order valence-electron chi connectivity index (χ4n) is 4.40. The maximum absolute atomic E-state index is 12.7. The van der Waals surface area contributed by atoms with E-state index in [1.165, 1.54) is 24.1 Å². The molecule has 0 spiro atoms. The van der Waals surface area contributed by atoms with E-state index >= 15 is 0 Å². The van der Waals surface area contributed by atoms with E-state index in [0.29, 0.717) is 30.2 Å². The Balaban J connectivity index is 1.41. The van der Waals surface area contributed by atoms with Crippen molar-refractivity contribution in [2.45, 2.75) is 13.0 Å². The van der Waals surface area contributed by atoms with E-state index < -0.39 is 11.9 Å². The molecule has 0 bridgehead atoms. The topological polar surface area (TPSA) is 113 Å². The van der Waals surface area contributed by atoms with E-state index in [0.717, 1.165) is 29.6 Å². The summed E-state index contributed by atoms with van der Waals surface area (Å²) in [7, 11) is 3.06. The summed E-state index contributed by atoms with van der Waals surface area (Å²) >= 11 is 0. The van der Waals surface area contributed by atoms with Gasteiger partial charge >= 0.3 is 5.97 Å². The Bertz CT molecular complexity index is 1460. The Kier molecular flexibility index (Phi) is 9.93. The molecular weight excluding hydrogens is 510 g/mol. The number of methoxy groups -OCH3 is 2. The van der Waals surface area contributed by atoms with E-state index in [-0.39, 0.29) is 6.61 Å². The number of carbonyl (C=O) groups excluding carboxylic acids is 2. The minimum absolute atomic E-state index is 0.220. The second-order valence-corrected chi connectivity index (χ2v) is 9.14. The van der Waals surface area contributed by atoms with Gasteiger partial charge < -0.3 is 19.2 Å². The molecule has 3 aromatic carbocycles. The summed E-state index contributed by atoms with van der Waals surface area (Å²) in [4.78, 5) is 29.5.